The van der Waals surface area contributed by atoms with Crippen LogP contribution in [-0.2, 0) is 0 Å². The standard InChI is InChI=1S/C18H27ClN2S/c1-12(2)8-16-11-22-18(21(16)10-13(3)4)20-17-7-6-15(19)9-14(17)5/h6-7,9,12-13,16H,8,10-11H2,1-5H3. The molecule has 1 atom stereocenters. The van der Waals surface area contributed by atoms with Crippen molar-refractivity contribution in [2.75, 3.05) is 12.3 Å². The Hall–Kier alpha value is -0.670. The van der Waals surface area contributed by atoms with Gasteiger partial charge in [0, 0.05) is 23.4 Å². The molecule has 1 aliphatic rings. The second-order valence-electron chi connectivity index (χ2n) is 6.97. The SMILES string of the molecule is Cc1cc(Cl)ccc1N=C1SCC(CC(C)C)N1CC(C)C. The lowest BCUT2D eigenvalue weighted by Gasteiger charge is -2.29. The van der Waals surface area contributed by atoms with Gasteiger partial charge >= 0.3 is 0 Å². The molecule has 0 bridgehead atoms. The summed E-state index contributed by atoms with van der Waals surface area (Å²) in [5.74, 6) is 2.51. The second-order valence-corrected chi connectivity index (χ2v) is 8.39. The van der Waals surface area contributed by atoms with Crippen molar-refractivity contribution in [2.24, 2.45) is 16.8 Å². The molecule has 1 aliphatic heterocycles. The highest BCUT2D eigenvalue weighted by Crippen LogP contribution is 2.32. The molecule has 0 radical (unpaired) electrons. The highest BCUT2D eigenvalue weighted by atomic mass is 35.5. The fraction of sp³-hybridized carbons (Fsp3) is 0.611. The number of hydrogen-bond acceptors (Lipinski definition) is 2. The number of hydrogen-bond donors (Lipinski definition) is 0. The Kier molecular flexibility index (Phi) is 6.22. The Morgan fingerprint density at radius 3 is 2.59 bits per heavy atom. The number of benzene rings is 1. The van der Waals surface area contributed by atoms with Crippen LogP contribution in [0.1, 0.15) is 39.7 Å². The fourth-order valence-electron chi connectivity index (χ4n) is 2.80. The van der Waals surface area contributed by atoms with Crippen molar-refractivity contribution in [1.82, 2.24) is 4.90 Å². The highest BCUT2D eigenvalue weighted by Gasteiger charge is 2.31. The van der Waals surface area contributed by atoms with E-state index in [9.17, 15) is 0 Å². The summed E-state index contributed by atoms with van der Waals surface area (Å²) < 4.78 is 0. The second kappa shape index (κ2) is 7.74. The Balaban J connectivity index is 2.25. The van der Waals surface area contributed by atoms with E-state index in [2.05, 4.69) is 39.5 Å². The minimum atomic E-state index is 0.610. The summed E-state index contributed by atoms with van der Waals surface area (Å²) in [6.07, 6.45) is 1.23. The molecule has 0 saturated carbocycles. The summed E-state index contributed by atoms with van der Waals surface area (Å²) in [5, 5.41) is 1.95. The minimum absolute atomic E-state index is 0.610. The van der Waals surface area contributed by atoms with Gasteiger partial charge in [-0.3, -0.25) is 0 Å². The van der Waals surface area contributed by atoms with Gasteiger partial charge in [0.1, 0.15) is 0 Å². The third-order valence-corrected chi connectivity index (χ3v) is 5.14. The molecule has 22 heavy (non-hydrogen) atoms. The summed E-state index contributed by atoms with van der Waals surface area (Å²) in [7, 11) is 0. The van der Waals surface area contributed by atoms with Crippen molar-refractivity contribution >= 4 is 34.2 Å². The summed E-state index contributed by atoms with van der Waals surface area (Å²) in [6, 6.07) is 6.54. The van der Waals surface area contributed by atoms with Crippen LogP contribution in [0.4, 0.5) is 5.69 Å². The number of thioether (sulfide) groups is 1. The zero-order valence-corrected chi connectivity index (χ0v) is 15.8. The maximum Gasteiger partial charge on any atom is 0.164 e. The summed E-state index contributed by atoms with van der Waals surface area (Å²) in [4.78, 5) is 7.45. The van der Waals surface area contributed by atoms with Gasteiger partial charge in [-0.25, -0.2) is 4.99 Å². The molecule has 1 aromatic rings. The first kappa shape index (κ1) is 17.7. The number of halogens is 1. The zero-order chi connectivity index (χ0) is 16.3. The van der Waals surface area contributed by atoms with Gasteiger partial charge in [-0.15, -0.1) is 0 Å². The quantitative estimate of drug-likeness (QED) is 0.678. The molecule has 0 amide bonds. The summed E-state index contributed by atoms with van der Waals surface area (Å²) in [5.41, 5.74) is 2.17. The van der Waals surface area contributed by atoms with Crippen LogP contribution in [0.3, 0.4) is 0 Å². The van der Waals surface area contributed by atoms with Crippen LogP contribution in [0, 0.1) is 18.8 Å². The Morgan fingerprint density at radius 2 is 2.00 bits per heavy atom. The van der Waals surface area contributed by atoms with Crippen LogP contribution in [0.25, 0.3) is 0 Å². The number of rotatable bonds is 5. The Morgan fingerprint density at radius 1 is 1.27 bits per heavy atom. The van der Waals surface area contributed by atoms with Crippen molar-refractivity contribution < 1.29 is 0 Å². The van der Waals surface area contributed by atoms with Gasteiger partial charge in [0.2, 0.25) is 0 Å². The third kappa shape index (κ3) is 4.66. The summed E-state index contributed by atoms with van der Waals surface area (Å²) in [6.45, 7) is 12.3. The maximum absolute atomic E-state index is 6.05. The van der Waals surface area contributed by atoms with E-state index in [-0.39, 0.29) is 0 Å². The average Bonchev–Trinajstić information content (AvgIpc) is 2.74. The van der Waals surface area contributed by atoms with Gasteiger partial charge in [-0.05, 0) is 48.9 Å². The minimum Gasteiger partial charge on any atom is -0.347 e. The van der Waals surface area contributed by atoms with E-state index in [4.69, 9.17) is 16.6 Å². The van der Waals surface area contributed by atoms with Gasteiger partial charge in [0.05, 0.1) is 5.69 Å². The fourth-order valence-corrected chi connectivity index (χ4v) is 4.24. The molecular weight excluding hydrogens is 312 g/mol. The first-order valence-corrected chi connectivity index (χ1v) is 9.47. The van der Waals surface area contributed by atoms with E-state index < -0.39 is 0 Å². The Labute approximate surface area is 144 Å². The van der Waals surface area contributed by atoms with Crippen molar-refractivity contribution in [3.8, 4) is 0 Å². The van der Waals surface area contributed by atoms with Crippen molar-refractivity contribution in [3.05, 3.63) is 28.8 Å². The van der Waals surface area contributed by atoms with Gasteiger partial charge in [-0.2, -0.15) is 0 Å². The highest BCUT2D eigenvalue weighted by molar-refractivity contribution is 8.14. The lowest BCUT2D eigenvalue weighted by Crippen LogP contribution is -2.37. The molecule has 0 aromatic heterocycles. The monoisotopic (exact) mass is 338 g/mol. The molecule has 122 valence electrons. The van der Waals surface area contributed by atoms with E-state index in [0.29, 0.717) is 12.0 Å². The zero-order valence-electron chi connectivity index (χ0n) is 14.3. The molecule has 2 rings (SSSR count). The first-order valence-electron chi connectivity index (χ1n) is 8.11. The van der Waals surface area contributed by atoms with E-state index in [0.717, 1.165) is 34.5 Å². The molecular formula is C18H27ClN2S. The third-order valence-electron chi connectivity index (χ3n) is 3.77. The van der Waals surface area contributed by atoms with Crippen LogP contribution in [0.15, 0.2) is 23.2 Å². The molecule has 1 saturated heterocycles. The molecule has 4 heteroatoms. The van der Waals surface area contributed by atoms with E-state index >= 15 is 0 Å². The number of nitrogens with zero attached hydrogens (tertiary/aromatic N) is 2. The normalized spacial score (nSPS) is 20.6. The molecule has 0 spiro atoms. The maximum atomic E-state index is 6.05. The average molecular weight is 339 g/mol. The van der Waals surface area contributed by atoms with Crippen LogP contribution in [0.5, 0.6) is 0 Å². The van der Waals surface area contributed by atoms with Gasteiger partial charge < -0.3 is 4.90 Å². The van der Waals surface area contributed by atoms with Gasteiger partial charge in [0.15, 0.2) is 5.17 Å². The molecule has 0 N–H and O–H groups in total. The van der Waals surface area contributed by atoms with Crippen molar-refractivity contribution in [1.29, 1.82) is 0 Å². The largest absolute Gasteiger partial charge is 0.347 e. The van der Waals surface area contributed by atoms with Crippen LogP contribution < -0.4 is 0 Å². The summed E-state index contributed by atoms with van der Waals surface area (Å²) >= 11 is 7.94. The molecule has 1 heterocycles. The molecule has 1 fully saturated rings. The van der Waals surface area contributed by atoms with E-state index in [1.165, 1.54) is 11.6 Å². The number of aryl methyl sites for hydroxylation is 1. The predicted octanol–water partition coefficient (Wildman–Crippen LogP) is 5.76. The van der Waals surface area contributed by atoms with Crippen molar-refractivity contribution in [3.63, 3.8) is 0 Å². The molecule has 1 unspecified atom stereocenters. The van der Waals surface area contributed by atoms with Crippen LogP contribution in [0.2, 0.25) is 5.02 Å². The van der Waals surface area contributed by atoms with Gasteiger partial charge in [-0.1, -0.05) is 51.1 Å². The number of amidine groups is 1. The molecule has 0 aliphatic carbocycles. The molecule has 1 aromatic carbocycles. The Bertz CT molecular complexity index is 540. The molecule has 2 nitrogen and oxygen atoms in total. The lowest BCUT2D eigenvalue weighted by molar-refractivity contribution is 0.279. The smallest absolute Gasteiger partial charge is 0.164 e. The van der Waals surface area contributed by atoms with E-state index in [1.54, 1.807) is 0 Å². The number of aliphatic imine (C=N–C) groups is 1. The van der Waals surface area contributed by atoms with Crippen LogP contribution in [-0.4, -0.2) is 28.4 Å². The predicted molar refractivity (Wildman–Crippen MR) is 101 cm³/mol. The first-order chi connectivity index (χ1) is 10.4. The van der Waals surface area contributed by atoms with Gasteiger partial charge in [0.25, 0.3) is 0 Å². The topological polar surface area (TPSA) is 15.6 Å². The van der Waals surface area contributed by atoms with Crippen LogP contribution >= 0.6 is 23.4 Å². The lowest BCUT2D eigenvalue weighted by atomic mass is 10.0. The van der Waals surface area contributed by atoms with Crippen molar-refractivity contribution in [2.45, 2.75) is 47.1 Å². The van der Waals surface area contributed by atoms with E-state index in [1.807, 2.05) is 30.0 Å².